The van der Waals surface area contributed by atoms with Crippen LogP contribution >= 0.6 is 31.9 Å². The average molecular weight is 414 g/mol. The lowest BCUT2D eigenvalue weighted by molar-refractivity contribution is 0.421. The van der Waals surface area contributed by atoms with Gasteiger partial charge in [-0.2, -0.15) is 0 Å². The Kier molecular flexibility index (Phi) is 5.11. The molecule has 0 amide bonds. The van der Waals surface area contributed by atoms with Crippen molar-refractivity contribution >= 4 is 31.9 Å². The van der Waals surface area contributed by atoms with E-state index in [0.717, 1.165) is 26.0 Å². The lowest BCUT2D eigenvalue weighted by Gasteiger charge is -2.20. The van der Waals surface area contributed by atoms with Crippen LogP contribution in [0.25, 0.3) is 11.5 Å². The highest BCUT2D eigenvalue weighted by atomic mass is 79.9. The fourth-order valence-electron chi connectivity index (χ4n) is 1.77. The highest BCUT2D eigenvalue weighted by molar-refractivity contribution is 9.11. The van der Waals surface area contributed by atoms with Crippen LogP contribution in [-0.2, 0) is 6.54 Å². The monoisotopic (exact) mass is 412 g/mol. The molecule has 0 saturated carbocycles. The highest BCUT2D eigenvalue weighted by Crippen LogP contribution is 2.26. The third kappa shape index (κ3) is 4.83. The van der Waals surface area contributed by atoms with Crippen LogP contribution in [0, 0.1) is 6.92 Å². The lowest BCUT2D eigenvalue weighted by atomic mass is 10.1. The van der Waals surface area contributed by atoms with Gasteiger partial charge in [-0.05, 0) is 71.7 Å². The number of hydrogen-bond acceptors (Lipinski definition) is 4. The molecule has 0 aromatic carbocycles. The Morgan fingerprint density at radius 2 is 1.86 bits per heavy atom. The van der Waals surface area contributed by atoms with Crippen LogP contribution < -0.4 is 5.32 Å². The SMILES string of the molecule is Cc1cc(CNC(C)(C)C)nc(-c2ncc(Br)cc2Br)n1. The molecule has 0 unspecified atom stereocenters. The summed E-state index contributed by atoms with van der Waals surface area (Å²) in [4.78, 5) is 13.5. The Balaban J connectivity index is 2.34. The number of nitrogens with one attached hydrogen (secondary N) is 1. The molecule has 0 aliphatic heterocycles. The number of aromatic nitrogens is 3. The van der Waals surface area contributed by atoms with Crippen LogP contribution in [0.2, 0.25) is 0 Å². The van der Waals surface area contributed by atoms with E-state index in [9.17, 15) is 0 Å². The summed E-state index contributed by atoms with van der Waals surface area (Å²) in [5, 5.41) is 3.44. The summed E-state index contributed by atoms with van der Waals surface area (Å²) in [5.41, 5.74) is 2.69. The van der Waals surface area contributed by atoms with Gasteiger partial charge in [0.2, 0.25) is 0 Å². The third-order valence-corrected chi connectivity index (χ3v) is 3.76. The zero-order chi connectivity index (χ0) is 15.6. The van der Waals surface area contributed by atoms with Gasteiger partial charge >= 0.3 is 0 Å². The van der Waals surface area contributed by atoms with Crippen molar-refractivity contribution in [1.29, 1.82) is 0 Å². The molecule has 0 aliphatic rings. The molecule has 21 heavy (non-hydrogen) atoms. The van der Waals surface area contributed by atoms with E-state index in [0.29, 0.717) is 12.4 Å². The van der Waals surface area contributed by atoms with E-state index in [-0.39, 0.29) is 5.54 Å². The van der Waals surface area contributed by atoms with Crippen LogP contribution in [0.5, 0.6) is 0 Å². The van der Waals surface area contributed by atoms with E-state index < -0.39 is 0 Å². The van der Waals surface area contributed by atoms with Gasteiger partial charge in [0.25, 0.3) is 0 Å². The Labute approximate surface area is 142 Å². The topological polar surface area (TPSA) is 50.7 Å². The second-order valence-corrected chi connectivity index (χ2v) is 7.68. The zero-order valence-electron chi connectivity index (χ0n) is 12.5. The summed E-state index contributed by atoms with van der Waals surface area (Å²) in [6.07, 6.45) is 1.75. The molecule has 4 nitrogen and oxygen atoms in total. The summed E-state index contributed by atoms with van der Waals surface area (Å²) >= 11 is 6.92. The molecule has 0 aliphatic carbocycles. The third-order valence-electron chi connectivity index (χ3n) is 2.73. The van der Waals surface area contributed by atoms with Gasteiger partial charge < -0.3 is 5.32 Å². The van der Waals surface area contributed by atoms with Crippen molar-refractivity contribution in [1.82, 2.24) is 20.3 Å². The Morgan fingerprint density at radius 1 is 1.14 bits per heavy atom. The van der Waals surface area contributed by atoms with E-state index in [2.05, 4.69) is 72.9 Å². The number of nitrogens with zero attached hydrogens (tertiary/aromatic N) is 3. The van der Waals surface area contributed by atoms with Gasteiger partial charge in [0.15, 0.2) is 5.82 Å². The van der Waals surface area contributed by atoms with E-state index in [1.165, 1.54) is 0 Å². The molecule has 0 spiro atoms. The van der Waals surface area contributed by atoms with Crippen molar-refractivity contribution < 1.29 is 0 Å². The fraction of sp³-hybridized carbons (Fsp3) is 0.400. The first-order valence-corrected chi connectivity index (χ1v) is 8.24. The normalized spacial score (nSPS) is 11.7. The maximum atomic E-state index is 4.62. The molecule has 1 N–H and O–H groups in total. The predicted molar refractivity (Wildman–Crippen MR) is 92.0 cm³/mol. The molecule has 0 bridgehead atoms. The molecule has 112 valence electrons. The minimum atomic E-state index is 0.0511. The summed E-state index contributed by atoms with van der Waals surface area (Å²) < 4.78 is 1.79. The molecule has 2 rings (SSSR count). The lowest BCUT2D eigenvalue weighted by Crippen LogP contribution is -2.35. The summed E-state index contributed by atoms with van der Waals surface area (Å²) in [7, 11) is 0. The number of aryl methyl sites for hydroxylation is 1. The van der Waals surface area contributed by atoms with Crippen LogP contribution in [0.4, 0.5) is 0 Å². The first-order valence-electron chi connectivity index (χ1n) is 6.65. The Bertz CT molecular complexity index is 651. The largest absolute Gasteiger partial charge is 0.306 e. The summed E-state index contributed by atoms with van der Waals surface area (Å²) in [6, 6.07) is 3.94. The molecule has 2 aromatic rings. The maximum absolute atomic E-state index is 4.62. The zero-order valence-corrected chi connectivity index (χ0v) is 15.7. The van der Waals surface area contributed by atoms with Gasteiger partial charge in [0.05, 0.1) is 5.69 Å². The second kappa shape index (κ2) is 6.50. The van der Waals surface area contributed by atoms with Gasteiger partial charge in [-0.1, -0.05) is 0 Å². The average Bonchev–Trinajstić information content (AvgIpc) is 2.35. The van der Waals surface area contributed by atoms with Crippen molar-refractivity contribution in [2.75, 3.05) is 0 Å². The number of hydrogen-bond donors (Lipinski definition) is 1. The molecule has 2 heterocycles. The molecule has 0 atom stereocenters. The molecular formula is C15H18Br2N4. The van der Waals surface area contributed by atoms with Gasteiger partial charge in [0, 0.05) is 32.9 Å². The van der Waals surface area contributed by atoms with Gasteiger partial charge in [-0.25, -0.2) is 9.97 Å². The van der Waals surface area contributed by atoms with Crippen LogP contribution in [-0.4, -0.2) is 20.5 Å². The highest BCUT2D eigenvalue weighted by Gasteiger charge is 2.13. The van der Waals surface area contributed by atoms with Gasteiger partial charge in [-0.3, -0.25) is 4.98 Å². The number of rotatable bonds is 3. The Morgan fingerprint density at radius 3 is 2.48 bits per heavy atom. The molecule has 0 saturated heterocycles. The van der Waals surface area contributed by atoms with Crippen molar-refractivity contribution in [2.24, 2.45) is 0 Å². The first-order chi connectivity index (χ1) is 9.74. The first kappa shape index (κ1) is 16.5. The second-order valence-electron chi connectivity index (χ2n) is 5.91. The van der Waals surface area contributed by atoms with Crippen molar-refractivity contribution in [3.63, 3.8) is 0 Å². The van der Waals surface area contributed by atoms with E-state index >= 15 is 0 Å². The van der Waals surface area contributed by atoms with Crippen LogP contribution in [0.3, 0.4) is 0 Å². The van der Waals surface area contributed by atoms with E-state index in [1.54, 1.807) is 6.20 Å². The minimum Gasteiger partial charge on any atom is -0.306 e. The van der Waals surface area contributed by atoms with Crippen molar-refractivity contribution in [3.8, 4) is 11.5 Å². The minimum absolute atomic E-state index is 0.0511. The number of halogens is 2. The molecule has 0 fully saturated rings. The summed E-state index contributed by atoms with van der Waals surface area (Å²) in [5.74, 6) is 0.639. The summed E-state index contributed by atoms with van der Waals surface area (Å²) in [6.45, 7) is 9.07. The van der Waals surface area contributed by atoms with Gasteiger partial charge in [0.1, 0.15) is 5.69 Å². The van der Waals surface area contributed by atoms with Crippen molar-refractivity contribution in [3.05, 3.63) is 38.7 Å². The quantitative estimate of drug-likeness (QED) is 0.816. The molecule has 6 heteroatoms. The maximum Gasteiger partial charge on any atom is 0.179 e. The molecular weight excluding hydrogens is 396 g/mol. The molecule has 2 aromatic heterocycles. The smallest absolute Gasteiger partial charge is 0.179 e. The number of pyridine rings is 1. The van der Waals surface area contributed by atoms with E-state index in [4.69, 9.17) is 0 Å². The van der Waals surface area contributed by atoms with Crippen LogP contribution in [0.1, 0.15) is 32.2 Å². The van der Waals surface area contributed by atoms with Crippen molar-refractivity contribution in [2.45, 2.75) is 39.8 Å². The predicted octanol–water partition coefficient (Wildman–Crippen LogP) is 4.26. The van der Waals surface area contributed by atoms with Gasteiger partial charge in [-0.15, -0.1) is 0 Å². The molecule has 0 radical (unpaired) electrons. The van der Waals surface area contributed by atoms with Crippen LogP contribution in [0.15, 0.2) is 27.3 Å². The standard InChI is InChI=1S/C15H18Br2N4/c1-9-5-11(8-19-15(2,3)4)21-14(20-9)13-12(17)6-10(16)7-18-13/h5-7,19H,8H2,1-4H3. The van der Waals surface area contributed by atoms with E-state index in [1.807, 2.05) is 19.1 Å². The Hall–Kier alpha value is -0.850. The fourth-order valence-corrected chi connectivity index (χ4v) is 2.93.